The Hall–Kier alpha value is -2.99. The topological polar surface area (TPSA) is 134 Å². The third-order valence-electron chi connectivity index (χ3n) is 5.57. The number of nitrogens with zero attached hydrogens (tertiary/aromatic N) is 4. The van der Waals surface area contributed by atoms with Gasteiger partial charge in [-0.05, 0) is 49.4 Å². The van der Waals surface area contributed by atoms with Gasteiger partial charge >= 0.3 is 6.08 Å². The highest BCUT2D eigenvalue weighted by atomic mass is 32.2. The lowest BCUT2D eigenvalue weighted by Gasteiger charge is -2.11. The van der Waals surface area contributed by atoms with Crippen LogP contribution in [0.25, 0.3) is 11.2 Å². The molecule has 1 saturated carbocycles. The van der Waals surface area contributed by atoms with E-state index < -0.39 is 16.1 Å². The molecule has 0 bridgehead atoms. The summed E-state index contributed by atoms with van der Waals surface area (Å²) in [5.41, 5.74) is 8.35. The van der Waals surface area contributed by atoms with Crippen LogP contribution in [0.2, 0.25) is 0 Å². The number of anilines is 1. The quantitative estimate of drug-likeness (QED) is 0.483. The van der Waals surface area contributed by atoms with Gasteiger partial charge in [0.1, 0.15) is 5.82 Å². The van der Waals surface area contributed by atoms with Crippen molar-refractivity contribution in [3.63, 3.8) is 0 Å². The summed E-state index contributed by atoms with van der Waals surface area (Å²) in [7, 11) is -3.37. The highest BCUT2D eigenvalue weighted by Gasteiger charge is 2.27. The van der Waals surface area contributed by atoms with E-state index in [1.807, 2.05) is 19.1 Å². The van der Waals surface area contributed by atoms with Gasteiger partial charge in [0.05, 0.1) is 5.75 Å². The number of hydrogen-bond donors (Lipinski definition) is 2. The van der Waals surface area contributed by atoms with Crippen LogP contribution in [0.3, 0.4) is 0 Å². The van der Waals surface area contributed by atoms with Gasteiger partial charge < -0.3 is 19.8 Å². The molecule has 32 heavy (non-hydrogen) atoms. The fourth-order valence-electron chi connectivity index (χ4n) is 3.78. The first-order valence-electron chi connectivity index (χ1n) is 10.4. The molecule has 1 fully saturated rings. The Morgan fingerprint density at radius 2 is 1.97 bits per heavy atom. The number of nitrogen functional groups attached to an aromatic ring is 1. The van der Waals surface area contributed by atoms with Crippen molar-refractivity contribution < 1.29 is 22.3 Å². The van der Waals surface area contributed by atoms with Gasteiger partial charge in [0.2, 0.25) is 16.8 Å². The van der Waals surface area contributed by atoms with E-state index >= 15 is 0 Å². The molecule has 3 aromatic rings. The van der Waals surface area contributed by atoms with Crippen molar-refractivity contribution in [3.8, 4) is 11.5 Å². The predicted octanol–water partition coefficient (Wildman–Crippen LogP) is 1.65. The number of sulfonamides is 1. The molecular weight excluding hydrogens is 439 g/mol. The third kappa shape index (κ3) is 4.19. The van der Waals surface area contributed by atoms with Crippen LogP contribution in [0.1, 0.15) is 36.2 Å². The second-order valence-corrected chi connectivity index (χ2v) is 9.98. The second-order valence-electron chi connectivity index (χ2n) is 8.10. The number of benzene rings is 1. The van der Waals surface area contributed by atoms with Crippen molar-refractivity contribution in [1.29, 1.82) is 0 Å². The second kappa shape index (κ2) is 7.85. The molecular formula is C20H23FN6O4S. The first-order valence-corrected chi connectivity index (χ1v) is 12.0. The lowest BCUT2D eigenvalue weighted by molar-refractivity contribution is 0.174. The number of hydrogen-bond acceptors (Lipinski definition) is 8. The molecule has 3 N–H and O–H groups in total. The van der Waals surface area contributed by atoms with E-state index in [0.717, 1.165) is 24.0 Å². The van der Waals surface area contributed by atoms with Crippen molar-refractivity contribution in [2.75, 3.05) is 18.3 Å². The number of nitrogens with two attached hydrogens (primary N) is 1. The average Bonchev–Trinajstić information content (AvgIpc) is 3.28. The van der Waals surface area contributed by atoms with Crippen molar-refractivity contribution in [2.45, 2.75) is 45.2 Å². The summed E-state index contributed by atoms with van der Waals surface area (Å²) in [5, 5.41) is 0. The Balaban J connectivity index is 1.46. The van der Waals surface area contributed by atoms with Crippen molar-refractivity contribution >= 4 is 27.0 Å². The van der Waals surface area contributed by atoms with Crippen molar-refractivity contribution in [3.05, 3.63) is 35.2 Å². The molecule has 2 aliphatic rings. The Morgan fingerprint density at radius 3 is 2.72 bits per heavy atom. The Morgan fingerprint density at radius 1 is 1.22 bits per heavy atom. The zero-order valence-electron chi connectivity index (χ0n) is 17.5. The first kappa shape index (κ1) is 20.9. The summed E-state index contributed by atoms with van der Waals surface area (Å²) >= 11 is 0. The van der Waals surface area contributed by atoms with Crippen LogP contribution < -0.4 is 19.9 Å². The zero-order chi connectivity index (χ0) is 22.5. The zero-order valence-corrected chi connectivity index (χ0v) is 18.3. The average molecular weight is 463 g/mol. The van der Waals surface area contributed by atoms with Gasteiger partial charge in [-0.1, -0.05) is 0 Å². The third-order valence-corrected chi connectivity index (χ3v) is 7.09. The van der Waals surface area contributed by atoms with E-state index in [1.165, 1.54) is 0 Å². The molecule has 3 heterocycles. The molecule has 2 aromatic heterocycles. The maximum Gasteiger partial charge on any atom is 0.312 e. The molecule has 1 aromatic carbocycles. The van der Waals surface area contributed by atoms with E-state index in [9.17, 15) is 12.8 Å². The van der Waals surface area contributed by atoms with E-state index in [1.54, 1.807) is 4.57 Å². The molecule has 10 nitrogen and oxygen atoms in total. The number of halogens is 1. The summed E-state index contributed by atoms with van der Waals surface area (Å²) in [5.74, 6) is 1.81. The van der Waals surface area contributed by atoms with Crippen molar-refractivity contribution in [1.82, 2.24) is 24.2 Å². The molecule has 1 aliphatic heterocycles. The summed E-state index contributed by atoms with van der Waals surface area (Å²) in [4.78, 5) is 12.0. The molecule has 1 aliphatic carbocycles. The Kier molecular flexibility index (Phi) is 5.13. The normalized spacial score (nSPS) is 15.6. The molecule has 0 radical (unpaired) electrons. The lowest BCUT2D eigenvalue weighted by atomic mass is 10.0. The van der Waals surface area contributed by atoms with E-state index in [4.69, 9.17) is 15.2 Å². The predicted molar refractivity (Wildman–Crippen MR) is 114 cm³/mol. The Bertz CT molecular complexity index is 1310. The molecule has 5 rings (SSSR count). The van der Waals surface area contributed by atoms with Crippen molar-refractivity contribution in [2.24, 2.45) is 0 Å². The number of ether oxygens (including phenoxy) is 2. The maximum atomic E-state index is 13.9. The fourth-order valence-corrected chi connectivity index (χ4v) is 5.15. The van der Waals surface area contributed by atoms with Crippen LogP contribution in [-0.4, -0.2) is 46.5 Å². The number of rotatable bonds is 8. The van der Waals surface area contributed by atoms with E-state index in [2.05, 4.69) is 19.7 Å². The maximum absolute atomic E-state index is 13.9. The molecule has 0 atom stereocenters. The number of imidazole rings is 1. The van der Waals surface area contributed by atoms with Gasteiger partial charge in [-0.2, -0.15) is 14.4 Å². The minimum absolute atomic E-state index is 0.0469. The fraction of sp³-hybridized carbons (Fsp3) is 0.450. The monoisotopic (exact) mass is 462 g/mol. The lowest BCUT2D eigenvalue weighted by Crippen LogP contribution is -2.28. The van der Waals surface area contributed by atoms with Gasteiger partial charge in [-0.15, -0.1) is 0 Å². The molecule has 0 spiro atoms. The molecule has 12 heteroatoms. The standard InChI is InChI=1S/C20H23FN6O4S/c1-11-7-14-15(31-10-30-14)8-12(11)9-16-23-17-18(22)24-20(21)25-19(17)27(16)5-2-6-32(28,29)26-13-3-4-13/h7-8,13,26H,2-6,9-10H2,1H3,(H2,22,24,25). The van der Waals surface area contributed by atoms with Gasteiger partial charge in [0, 0.05) is 19.0 Å². The Labute approximate surface area is 184 Å². The van der Waals surface area contributed by atoms with E-state index in [0.29, 0.717) is 35.7 Å². The van der Waals surface area contributed by atoms with Gasteiger partial charge in [0.25, 0.3) is 0 Å². The van der Waals surface area contributed by atoms with Gasteiger partial charge in [-0.25, -0.2) is 18.1 Å². The minimum atomic E-state index is -3.37. The van der Waals surface area contributed by atoms with E-state index in [-0.39, 0.29) is 36.6 Å². The smallest absolute Gasteiger partial charge is 0.312 e. The summed E-state index contributed by atoms with van der Waals surface area (Å²) in [6.45, 7) is 2.41. The summed E-state index contributed by atoms with van der Waals surface area (Å²) < 4.78 is 53.7. The number of nitrogens with one attached hydrogen (secondary N) is 1. The highest BCUT2D eigenvalue weighted by Crippen LogP contribution is 2.35. The molecule has 0 saturated heterocycles. The number of aromatic nitrogens is 4. The number of aryl methyl sites for hydroxylation is 2. The van der Waals surface area contributed by atoms with Crippen LogP contribution in [0.4, 0.5) is 10.2 Å². The highest BCUT2D eigenvalue weighted by molar-refractivity contribution is 7.89. The SMILES string of the molecule is Cc1cc2c(cc1Cc1nc3c(N)nc(F)nc3n1CCCS(=O)(=O)NC1CC1)OCO2. The molecule has 0 amide bonds. The van der Waals surface area contributed by atoms with Gasteiger partial charge in [0.15, 0.2) is 28.5 Å². The molecule has 170 valence electrons. The van der Waals surface area contributed by atoms with Crippen LogP contribution in [0.15, 0.2) is 12.1 Å². The largest absolute Gasteiger partial charge is 0.454 e. The first-order chi connectivity index (χ1) is 15.3. The van der Waals surface area contributed by atoms with Crippen LogP contribution in [-0.2, 0) is 23.0 Å². The summed E-state index contributed by atoms with van der Waals surface area (Å²) in [6.07, 6.45) is 1.50. The van der Waals surface area contributed by atoms with Crippen LogP contribution in [0, 0.1) is 13.0 Å². The molecule has 0 unspecified atom stereocenters. The van der Waals surface area contributed by atoms with Crippen LogP contribution in [0.5, 0.6) is 11.5 Å². The summed E-state index contributed by atoms with van der Waals surface area (Å²) in [6, 6.07) is 3.84. The van der Waals surface area contributed by atoms with Crippen LogP contribution >= 0.6 is 0 Å². The van der Waals surface area contributed by atoms with Gasteiger partial charge in [-0.3, -0.25) is 0 Å². The minimum Gasteiger partial charge on any atom is -0.454 e. The number of fused-ring (bicyclic) bond motifs is 2.